The lowest BCUT2D eigenvalue weighted by molar-refractivity contribution is 0.0467. The highest BCUT2D eigenvalue weighted by molar-refractivity contribution is 7.13. The number of esters is 1. The van der Waals surface area contributed by atoms with E-state index in [0.29, 0.717) is 36.0 Å². The lowest BCUT2D eigenvalue weighted by Crippen LogP contribution is -2.16. The van der Waals surface area contributed by atoms with Crippen molar-refractivity contribution in [2.45, 2.75) is 6.61 Å². The van der Waals surface area contributed by atoms with Crippen LogP contribution in [-0.2, 0) is 11.3 Å². The van der Waals surface area contributed by atoms with Crippen molar-refractivity contribution in [3.63, 3.8) is 0 Å². The lowest BCUT2D eigenvalue weighted by atomic mass is 10.2. The van der Waals surface area contributed by atoms with Crippen molar-refractivity contribution in [2.75, 3.05) is 20.3 Å². The first-order valence-corrected chi connectivity index (χ1v) is 9.26. The minimum Gasteiger partial charge on any atom is -0.497 e. The van der Waals surface area contributed by atoms with Crippen molar-refractivity contribution < 1.29 is 23.7 Å². The molecule has 0 N–H and O–H groups in total. The Morgan fingerprint density at radius 3 is 2.85 bits per heavy atom. The molecule has 2 aromatic carbocycles. The van der Waals surface area contributed by atoms with Crippen molar-refractivity contribution in [2.24, 2.45) is 0 Å². The van der Waals surface area contributed by atoms with Gasteiger partial charge in [0.05, 0.1) is 18.4 Å². The van der Waals surface area contributed by atoms with E-state index in [9.17, 15) is 4.79 Å². The molecule has 1 aliphatic rings. The molecule has 1 aromatic heterocycles. The molecule has 3 aromatic rings. The Labute approximate surface area is 160 Å². The van der Waals surface area contributed by atoms with Crippen LogP contribution < -0.4 is 14.2 Å². The van der Waals surface area contributed by atoms with Crippen LogP contribution in [-0.4, -0.2) is 31.3 Å². The number of hydrogen-bond acceptors (Lipinski definition) is 7. The number of hydrogen-bond donors (Lipinski definition) is 0. The molecule has 0 unspecified atom stereocenters. The number of ether oxygens (including phenoxy) is 4. The highest BCUT2D eigenvalue weighted by atomic mass is 32.1. The third kappa shape index (κ3) is 3.88. The van der Waals surface area contributed by atoms with Crippen LogP contribution in [0.3, 0.4) is 0 Å². The summed E-state index contributed by atoms with van der Waals surface area (Å²) in [5.74, 6) is 1.54. The van der Waals surface area contributed by atoms with Gasteiger partial charge in [0.15, 0.2) is 11.5 Å². The number of methoxy groups -OCH3 is 1. The highest BCUT2D eigenvalue weighted by Gasteiger charge is 2.16. The number of benzene rings is 2. The summed E-state index contributed by atoms with van der Waals surface area (Å²) in [4.78, 5) is 16.8. The SMILES string of the molecule is COc1cccc(-c2nc(COC(=O)c3ccc4c(c3)OCCO4)cs2)c1. The fraction of sp³-hybridized carbons (Fsp3) is 0.200. The second-order valence-corrected chi connectivity index (χ2v) is 6.67. The van der Waals surface area contributed by atoms with Crippen LogP contribution in [0, 0.1) is 0 Å². The molecular formula is C20H17NO5S. The monoisotopic (exact) mass is 383 g/mol. The number of nitrogens with zero attached hydrogens (tertiary/aromatic N) is 1. The van der Waals surface area contributed by atoms with Gasteiger partial charge in [-0.25, -0.2) is 9.78 Å². The van der Waals surface area contributed by atoms with Gasteiger partial charge in [-0.15, -0.1) is 11.3 Å². The molecule has 0 saturated heterocycles. The van der Waals surface area contributed by atoms with Crippen LogP contribution in [0.2, 0.25) is 0 Å². The van der Waals surface area contributed by atoms with E-state index in [2.05, 4.69) is 4.98 Å². The van der Waals surface area contributed by atoms with Gasteiger partial charge in [-0.1, -0.05) is 12.1 Å². The van der Waals surface area contributed by atoms with E-state index in [0.717, 1.165) is 16.3 Å². The van der Waals surface area contributed by atoms with E-state index in [1.54, 1.807) is 25.3 Å². The summed E-state index contributed by atoms with van der Waals surface area (Å²) >= 11 is 1.49. The predicted octanol–water partition coefficient (Wildman–Crippen LogP) is 3.95. The zero-order valence-corrected chi connectivity index (χ0v) is 15.5. The average Bonchev–Trinajstić information content (AvgIpc) is 3.21. The molecule has 0 radical (unpaired) electrons. The molecular weight excluding hydrogens is 366 g/mol. The van der Waals surface area contributed by atoms with E-state index in [1.165, 1.54) is 11.3 Å². The van der Waals surface area contributed by atoms with Crippen molar-refractivity contribution in [3.05, 3.63) is 59.1 Å². The summed E-state index contributed by atoms with van der Waals surface area (Å²) in [6.45, 7) is 1.08. The molecule has 0 aliphatic carbocycles. The van der Waals surface area contributed by atoms with Gasteiger partial charge in [0, 0.05) is 10.9 Å². The number of aromatic nitrogens is 1. The molecule has 6 nitrogen and oxygen atoms in total. The normalized spacial score (nSPS) is 12.5. The molecule has 2 heterocycles. The fourth-order valence-corrected chi connectivity index (χ4v) is 3.46. The average molecular weight is 383 g/mol. The van der Waals surface area contributed by atoms with Crippen molar-refractivity contribution in [1.82, 2.24) is 4.98 Å². The van der Waals surface area contributed by atoms with Crippen molar-refractivity contribution >= 4 is 17.3 Å². The number of carbonyl (C=O) groups is 1. The summed E-state index contributed by atoms with van der Waals surface area (Å²) in [6.07, 6.45) is 0. The number of rotatable bonds is 5. The minimum absolute atomic E-state index is 0.105. The molecule has 138 valence electrons. The van der Waals surface area contributed by atoms with E-state index in [4.69, 9.17) is 18.9 Å². The molecule has 1 aliphatic heterocycles. The predicted molar refractivity (Wildman–Crippen MR) is 101 cm³/mol. The van der Waals surface area contributed by atoms with Crippen LogP contribution in [0.15, 0.2) is 47.8 Å². The third-order valence-electron chi connectivity index (χ3n) is 4.00. The highest BCUT2D eigenvalue weighted by Crippen LogP contribution is 2.31. The van der Waals surface area contributed by atoms with Crippen molar-refractivity contribution in [3.8, 4) is 27.8 Å². The van der Waals surface area contributed by atoms with Crippen LogP contribution in [0.4, 0.5) is 0 Å². The van der Waals surface area contributed by atoms with Gasteiger partial charge < -0.3 is 18.9 Å². The molecule has 0 saturated carbocycles. The lowest BCUT2D eigenvalue weighted by Gasteiger charge is -2.18. The first kappa shape index (κ1) is 17.4. The maximum atomic E-state index is 12.3. The first-order valence-electron chi connectivity index (χ1n) is 8.38. The summed E-state index contributed by atoms with van der Waals surface area (Å²) in [7, 11) is 1.63. The van der Waals surface area contributed by atoms with E-state index in [-0.39, 0.29) is 6.61 Å². The van der Waals surface area contributed by atoms with Crippen molar-refractivity contribution in [1.29, 1.82) is 0 Å². The largest absolute Gasteiger partial charge is 0.497 e. The summed E-state index contributed by atoms with van der Waals surface area (Å²) in [6, 6.07) is 12.7. The van der Waals surface area contributed by atoms with Crippen LogP contribution in [0.1, 0.15) is 16.1 Å². The smallest absolute Gasteiger partial charge is 0.338 e. The summed E-state index contributed by atoms with van der Waals surface area (Å²) in [5.41, 5.74) is 2.08. The molecule has 0 atom stereocenters. The van der Waals surface area contributed by atoms with Gasteiger partial charge in [-0.2, -0.15) is 0 Å². The molecule has 0 bridgehead atoms. The Hall–Kier alpha value is -3.06. The molecule has 7 heteroatoms. The van der Waals surface area contributed by atoms with E-state index in [1.807, 2.05) is 29.6 Å². The Balaban J connectivity index is 1.41. The van der Waals surface area contributed by atoms with Gasteiger partial charge in [-0.05, 0) is 30.3 Å². The van der Waals surface area contributed by atoms with Gasteiger partial charge >= 0.3 is 5.97 Å². The zero-order valence-electron chi connectivity index (χ0n) is 14.6. The third-order valence-corrected chi connectivity index (χ3v) is 4.94. The number of carbonyl (C=O) groups excluding carboxylic acids is 1. The second kappa shape index (κ2) is 7.67. The maximum absolute atomic E-state index is 12.3. The Bertz CT molecular complexity index is 969. The van der Waals surface area contributed by atoms with E-state index >= 15 is 0 Å². The Morgan fingerprint density at radius 1 is 1.15 bits per heavy atom. The van der Waals surface area contributed by atoms with Crippen LogP contribution in [0.5, 0.6) is 17.2 Å². The second-order valence-electron chi connectivity index (χ2n) is 5.81. The van der Waals surface area contributed by atoms with E-state index < -0.39 is 5.97 Å². The molecule has 27 heavy (non-hydrogen) atoms. The maximum Gasteiger partial charge on any atom is 0.338 e. The minimum atomic E-state index is -0.428. The van der Waals surface area contributed by atoms with Gasteiger partial charge in [-0.3, -0.25) is 0 Å². The number of fused-ring (bicyclic) bond motifs is 1. The number of thiazole rings is 1. The van der Waals surface area contributed by atoms with Crippen LogP contribution in [0.25, 0.3) is 10.6 Å². The van der Waals surface area contributed by atoms with Crippen LogP contribution >= 0.6 is 11.3 Å². The quantitative estimate of drug-likeness (QED) is 0.622. The van der Waals surface area contributed by atoms with Gasteiger partial charge in [0.2, 0.25) is 0 Å². The molecule has 0 fully saturated rings. The topological polar surface area (TPSA) is 66.9 Å². The molecule has 4 rings (SSSR count). The molecule has 0 amide bonds. The fourth-order valence-electron chi connectivity index (χ4n) is 2.66. The molecule has 0 spiro atoms. The zero-order chi connectivity index (χ0) is 18.6. The Morgan fingerprint density at radius 2 is 2.00 bits per heavy atom. The Kier molecular flexibility index (Phi) is 4.93. The standard InChI is InChI=1S/C20H17NO5S/c1-23-16-4-2-3-13(9-16)19-21-15(12-27-19)11-26-20(22)14-5-6-17-18(10-14)25-8-7-24-17/h2-6,9-10,12H,7-8,11H2,1H3. The van der Waals surface area contributed by atoms with Gasteiger partial charge in [0.1, 0.15) is 30.6 Å². The first-order chi connectivity index (χ1) is 13.2. The van der Waals surface area contributed by atoms with Gasteiger partial charge in [0.25, 0.3) is 0 Å². The summed E-state index contributed by atoms with van der Waals surface area (Å²) in [5, 5.41) is 2.73. The summed E-state index contributed by atoms with van der Waals surface area (Å²) < 4.78 is 21.6.